The van der Waals surface area contributed by atoms with Crippen molar-refractivity contribution in [3.05, 3.63) is 101 Å². The molecule has 0 saturated carbocycles. The van der Waals surface area contributed by atoms with Crippen LogP contribution >= 0.6 is 0 Å². The first-order chi connectivity index (χ1) is 17.5. The Morgan fingerprint density at radius 2 is 2.03 bits per heavy atom. The summed E-state index contributed by atoms with van der Waals surface area (Å²) in [5, 5.41) is 12.7. The molecule has 0 unspecified atom stereocenters. The fourth-order valence-electron chi connectivity index (χ4n) is 4.60. The minimum atomic E-state index is -0.199. The number of nitrogens with two attached hydrogens (primary N) is 1. The molecule has 1 amide bonds. The van der Waals surface area contributed by atoms with Crippen LogP contribution in [0.5, 0.6) is 0 Å². The summed E-state index contributed by atoms with van der Waals surface area (Å²) < 4.78 is 3.98. The number of pyridine rings is 1. The van der Waals surface area contributed by atoms with Gasteiger partial charge in [-0.2, -0.15) is 5.10 Å². The highest BCUT2D eigenvalue weighted by atomic mass is 16.1. The van der Waals surface area contributed by atoms with Gasteiger partial charge in [0.05, 0.1) is 25.8 Å². The fourth-order valence-corrected chi connectivity index (χ4v) is 4.60. The molecule has 1 aliphatic rings. The second kappa shape index (κ2) is 8.84. The summed E-state index contributed by atoms with van der Waals surface area (Å²) in [7, 11) is 0. The van der Waals surface area contributed by atoms with Crippen molar-refractivity contribution in [3.8, 4) is 0 Å². The van der Waals surface area contributed by atoms with Crippen LogP contribution in [0.25, 0.3) is 10.8 Å². The Labute approximate surface area is 208 Å². The van der Waals surface area contributed by atoms with Gasteiger partial charge in [0.2, 0.25) is 0 Å². The summed E-state index contributed by atoms with van der Waals surface area (Å²) in [6, 6.07) is 14.2. The molecule has 0 aliphatic carbocycles. The normalized spacial score (nSPS) is 12.5. The Bertz CT molecular complexity index is 1600. The van der Waals surface area contributed by atoms with Gasteiger partial charge in [-0.05, 0) is 52.8 Å². The molecule has 1 aliphatic heterocycles. The molecule has 4 heterocycles. The van der Waals surface area contributed by atoms with Gasteiger partial charge >= 0.3 is 0 Å². The zero-order chi connectivity index (χ0) is 24.6. The lowest BCUT2D eigenvalue weighted by Gasteiger charge is -2.10. The summed E-state index contributed by atoms with van der Waals surface area (Å²) in [4.78, 5) is 21.6. The summed E-state index contributed by atoms with van der Waals surface area (Å²) in [6.45, 7) is 4.36. The third-order valence-corrected chi connectivity index (χ3v) is 6.46. The molecule has 2 aromatic carbocycles. The molecular weight excluding hydrogens is 452 g/mol. The van der Waals surface area contributed by atoms with E-state index in [1.165, 1.54) is 5.56 Å². The van der Waals surface area contributed by atoms with Crippen LogP contribution < -0.4 is 16.4 Å². The SMILES string of the molecule is Cc1cnn(Cc2ccc3c(c2)NCc2nc(C(=O)NCc4ccc5c(N)nccc5c4)cn2C3)c1. The van der Waals surface area contributed by atoms with Crippen molar-refractivity contribution in [1.29, 1.82) is 0 Å². The lowest BCUT2D eigenvalue weighted by Crippen LogP contribution is -2.23. The zero-order valence-electron chi connectivity index (χ0n) is 19.9. The monoisotopic (exact) mass is 478 g/mol. The van der Waals surface area contributed by atoms with Crippen molar-refractivity contribution >= 4 is 28.2 Å². The lowest BCUT2D eigenvalue weighted by molar-refractivity contribution is 0.0946. The van der Waals surface area contributed by atoms with Crippen LogP contribution in [-0.2, 0) is 26.2 Å². The zero-order valence-corrected chi connectivity index (χ0v) is 19.9. The third-order valence-electron chi connectivity index (χ3n) is 6.46. The Morgan fingerprint density at radius 3 is 2.89 bits per heavy atom. The first-order valence-electron chi connectivity index (χ1n) is 11.8. The molecule has 9 heteroatoms. The Balaban J connectivity index is 1.14. The van der Waals surface area contributed by atoms with E-state index in [0.717, 1.165) is 45.5 Å². The molecular formula is C27H26N8O. The molecule has 0 radical (unpaired) electrons. The van der Waals surface area contributed by atoms with Crippen LogP contribution in [0, 0.1) is 6.92 Å². The van der Waals surface area contributed by atoms with Crippen molar-refractivity contribution in [1.82, 2.24) is 29.6 Å². The average Bonchev–Trinajstić information content (AvgIpc) is 3.43. The fraction of sp³-hybridized carbons (Fsp3) is 0.185. The molecule has 0 bridgehead atoms. The van der Waals surface area contributed by atoms with Gasteiger partial charge in [-0.1, -0.05) is 24.3 Å². The van der Waals surface area contributed by atoms with Gasteiger partial charge in [0.25, 0.3) is 5.91 Å². The molecule has 0 spiro atoms. The molecule has 0 saturated heterocycles. The number of benzene rings is 2. The predicted octanol–water partition coefficient (Wildman–Crippen LogP) is 3.47. The number of fused-ring (bicyclic) bond motifs is 3. The van der Waals surface area contributed by atoms with E-state index in [1.807, 2.05) is 59.0 Å². The number of hydrogen-bond donors (Lipinski definition) is 3. The molecule has 0 fully saturated rings. The molecule has 6 rings (SSSR count). The van der Waals surface area contributed by atoms with Gasteiger partial charge in [-0.25, -0.2) is 9.97 Å². The highest BCUT2D eigenvalue weighted by molar-refractivity contribution is 5.93. The van der Waals surface area contributed by atoms with Crippen molar-refractivity contribution < 1.29 is 4.79 Å². The molecule has 36 heavy (non-hydrogen) atoms. The standard InChI is InChI=1S/C27H26N8O/c1-17-10-32-35(13-17)14-19-2-4-21-15-34-16-24(33-25(34)12-30-23(21)9-19)27(36)31-11-18-3-5-22-20(8-18)6-7-29-26(22)28/h2-10,13,16,30H,11-12,14-15H2,1H3,(H2,28,29)(H,31,36). The number of anilines is 2. The van der Waals surface area contributed by atoms with Crippen LogP contribution in [0.1, 0.15) is 38.6 Å². The average molecular weight is 479 g/mol. The Morgan fingerprint density at radius 1 is 1.14 bits per heavy atom. The van der Waals surface area contributed by atoms with Crippen LogP contribution in [0.2, 0.25) is 0 Å². The van der Waals surface area contributed by atoms with Crippen LogP contribution in [0.4, 0.5) is 11.5 Å². The van der Waals surface area contributed by atoms with E-state index >= 15 is 0 Å². The van der Waals surface area contributed by atoms with Crippen LogP contribution in [-0.4, -0.2) is 30.2 Å². The molecule has 9 nitrogen and oxygen atoms in total. The van der Waals surface area contributed by atoms with Gasteiger partial charge in [0.15, 0.2) is 0 Å². The Kier molecular flexibility index (Phi) is 5.37. The Hall–Kier alpha value is -4.66. The van der Waals surface area contributed by atoms with Crippen LogP contribution in [0.3, 0.4) is 0 Å². The molecule has 180 valence electrons. The maximum absolute atomic E-state index is 12.9. The maximum Gasteiger partial charge on any atom is 0.271 e. The van der Waals surface area contributed by atoms with E-state index in [-0.39, 0.29) is 5.91 Å². The van der Waals surface area contributed by atoms with E-state index in [1.54, 1.807) is 6.20 Å². The third kappa shape index (κ3) is 4.26. The molecule has 5 aromatic rings. The molecule has 0 atom stereocenters. The van der Waals surface area contributed by atoms with E-state index in [2.05, 4.69) is 43.9 Å². The minimum absolute atomic E-state index is 0.199. The summed E-state index contributed by atoms with van der Waals surface area (Å²) in [6.07, 6.45) is 7.42. The summed E-state index contributed by atoms with van der Waals surface area (Å²) in [5.74, 6) is 1.13. The number of nitrogens with zero attached hydrogens (tertiary/aromatic N) is 5. The number of aromatic nitrogens is 5. The van der Waals surface area contributed by atoms with Gasteiger partial charge in [0.1, 0.15) is 17.3 Å². The van der Waals surface area contributed by atoms with Crippen LogP contribution in [0.15, 0.2) is 67.3 Å². The highest BCUT2D eigenvalue weighted by Gasteiger charge is 2.18. The number of carbonyl (C=O) groups is 1. The summed E-state index contributed by atoms with van der Waals surface area (Å²) >= 11 is 0. The summed E-state index contributed by atoms with van der Waals surface area (Å²) in [5.41, 5.74) is 11.9. The smallest absolute Gasteiger partial charge is 0.271 e. The van der Waals surface area contributed by atoms with Crippen molar-refractivity contribution in [2.24, 2.45) is 0 Å². The second-order valence-electron chi connectivity index (χ2n) is 9.16. The van der Waals surface area contributed by atoms with E-state index in [4.69, 9.17) is 5.73 Å². The predicted molar refractivity (Wildman–Crippen MR) is 138 cm³/mol. The van der Waals surface area contributed by atoms with E-state index in [9.17, 15) is 4.79 Å². The number of carbonyl (C=O) groups excluding carboxylic acids is 1. The lowest BCUT2D eigenvalue weighted by atomic mass is 10.1. The van der Waals surface area contributed by atoms with Crippen molar-refractivity contribution in [2.45, 2.75) is 33.1 Å². The maximum atomic E-state index is 12.9. The van der Waals surface area contributed by atoms with Gasteiger partial charge in [-0.15, -0.1) is 0 Å². The number of amides is 1. The first-order valence-corrected chi connectivity index (χ1v) is 11.8. The first kappa shape index (κ1) is 21.8. The highest BCUT2D eigenvalue weighted by Crippen LogP contribution is 2.25. The topological polar surface area (TPSA) is 116 Å². The number of nitrogens with one attached hydrogen (secondary N) is 2. The number of hydrogen-bond acceptors (Lipinski definition) is 6. The van der Waals surface area contributed by atoms with E-state index < -0.39 is 0 Å². The van der Waals surface area contributed by atoms with Gasteiger partial charge < -0.3 is 20.9 Å². The van der Waals surface area contributed by atoms with Gasteiger partial charge in [0, 0.05) is 36.2 Å². The van der Waals surface area contributed by atoms with Gasteiger partial charge in [-0.3, -0.25) is 9.48 Å². The molecule has 3 aromatic heterocycles. The van der Waals surface area contributed by atoms with Crippen molar-refractivity contribution in [3.63, 3.8) is 0 Å². The van der Waals surface area contributed by atoms with E-state index in [0.29, 0.717) is 31.1 Å². The number of rotatable bonds is 5. The second-order valence-corrected chi connectivity index (χ2v) is 9.16. The largest absolute Gasteiger partial charge is 0.383 e. The number of nitrogen functional groups attached to an aromatic ring is 1. The minimum Gasteiger partial charge on any atom is -0.383 e. The van der Waals surface area contributed by atoms with Crippen molar-refractivity contribution in [2.75, 3.05) is 11.1 Å². The number of aryl methyl sites for hydroxylation is 1. The molecule has 4 N–H and O–H groups in total. The quantitative estimate of drug-likeness (QED) is 0.356. The number of imidazole rings is 1.